The minimum absolute atomic E-state index is 0.0324. The van der Waals surface area contributed by atoms with E-state index in [9.17, 15) is 9.18 Å². The molecule has 1 aromatic heterocycles. The lowest BCUT2D eigenvalue weighted by molar-refractivity contribution is -0.120. The molecule has 1 atom stereocenters. The number of methoxy groups -OCH3 is 1. The maximum atomic E-state index is 13.3. The summed E-state index contributed by atoms with van der Waals surface area (Å²) in [5.74, 6) is 0.272. The Morgan fingerprint density at radius 2 is 2.10 bits per heavy atom. The highest BCUT2D eigenvalue weighted by Crippen LogP contribution is 2.27. The summed E-state index contributed by atoms with van der Waals surface area (Å²) in [6.07, 6.45) is 1.54. The summed E-state index contributed by atoms with van der Waals surface area (Å²) in [7, 11) is 1.61. The van der Waals surface area contributed by atoms with Crippen molar-refractivity contribution in [3.05, 3.63) is 53.3 Å². The Labute approximate surface area is 177 Å². The van der Waals surface area contributed by atoms with E-state index in [1.54, 1.807) is 7.11 Å². The Balaban J connectivity index is 1.42. The van der Waals surface area contributed by atoms with Crippen LogP contribution in [0.15, 0.2) is 47.0 Å². The fraction of sp³-hybridized carbons (Fsp3) is 0.286. The number of hydrogen-bond donors (Lipinski definition) is 1. The molecule has 9 heteroatoms. The summed E-state index contributed by atoms with van der Waals surface area (Å²) in [6, 6.07) is 11.9. The zero-order valence-corrected chi connectivity index (χ0v) is 17.0. The number of nitrogens with one attached hydrogen (secondary N) is 1. The van der Waals surface area contributed by atoms with Gasteiger partial charge in [-0.1, -0.05) is 16.8 Å². The van der Waals surface area contributed by atoms with Crippen LogP contribution in [0.25, 0.3) is 11.4 Å². The number of carbonyl (C=O) groups excluding carboxylic acids is 1. The summed E-state index contributed by atoms with van der Waals surface area (Å²) in [5, 5.41) is 6.82. The van der Waals surface area contributed by atoms with Gasteiger partial charge in [-0.15, -0.1) is 0 Å². The Morgan fingerprint density at radius 1 is 1.30 bits per heavy atom. The van der Waals surface area contributed by atoms with Gasteiger partial charge in [0.25, 0.3) is 0 Å². The van der Waals surface area contributed by atoms with Crippen LogP contribution in [0.1, 0.15) is 12.8 Å². The van der Waals surface area contributed by atoms with Gasteiger partial charge in [0, 0.05) is 24.3 Å². The molecule has 2 heterocycles. The lowest BCUT2D eigenvalue weighted by atomic mass is 9.97. The molecule has 1 aliphatic rings. The highest BCUT2D eigenvalue weighted by atomic mass is 35.5. The van der Waals surface area contributed by atoms with E-state index in [-0.39, 0.29) is 16.8 Å². The van der Waals surface area contributed by atoms with Crippen molar-refractivity contribution in [3.63, 3.8) is 0 Å². The van der Waals surface area contributed by atoms with E-state index < -0.39 is 5.82 Å². The van der Waals surface area contributed by atoms with Crippen molar-refractivity contribution in [2.75, 3.05) is 30.4 Å². The molecular weight excluding hydrogens is 411 g/mol. The number of benzene rings is 2. The number of anilines is 2. The van der Waals surface area contributed by atoms with Gasteiger partial charge >= 0.3 is 6.01 Å². The molecule has 7 nitrogen and oxygen atoms in total. The smallest absolute Gasteiger partial charge is 0.324 e. The molecule has 156 valence electrons. The van der Waals surface area contributed by atoms with Gasteiger partial charge in [-0.05, 0) is 55.3 Å². The Morgan fingerprint density at radius 3 is 2.83 bits per heavy atom. The molecule has 0 spiro atoms. The summed E-state index contributed by atoms with van der Waals surface area (Å²) >= 11 is 5.79. The fourth-order valence-corrected chi connectivity index (χ4v) is 3.56. The largest absolute Gasteiger partial charge is 0.497 e. The first-order valence-electron chi connectivity index (χ1n) is 9.52. The SMILES string of the molecule is COc1ccc(-c2noc(N3CCCC(C(=O)Nc4ccc(F)c(Cl)c4)C3)n2)cc1. The topological polar surface area (TPSA) is 80.5 Å². The lowest BCUT2D eigenvalue weighted by Crippen LogP contribution is -2.41. The third kappa shape index (κ3) is 4.38. The number of halogens is 2. The number of carbonyl (C=O) groups is 1. The van der Waals surface area contributed by atoms with Crippen LogP contribution in [-0.2, 0) is 4.79 Å². The third-order valence-corrected chi connectivity index (χ3v) is 5.30. The first-order valence-corrected chi connectivity index (χ1v) is 9.90. The third-order valence-electron chi connectivity index (χ3n) is 5.01. The molecule has 2 aromatic carbocycles. The maximum Gasteiger partial charge on any atom is 0.324 e. The first-order chi connectivity index (χ1) is 14.5. The van der Waals surface area contributed by atoms with Crippen molar-refractivity contribution >= 4 is 29.2 Å². The maximum absolute atomic E-state index is 13.3. The standard InChI is InChI=1S/C21H20ClFN4O3/c1-29-16-7-4-13(5-8-16)19-25-21(30-26-19)27-10-2-3-14(12-27)20(28)24-15-6-9-18(23)17(22)11-15/h4-9,11,14H,2-3,10,12H2,1H3,(H,24,28). The molecule has 1 N–H and O–H groups in total. The van der Waals surface area contributed by atoms with Gasteiger partial charge in [-0.25, -0.2) is 4.39 Å². The van der Waals surface area contributed by atoms with Crippen molar-refractivity contribution < 1.29 is 18.4 Å². The average molecular weight is 431 g/mol. The van der Waals surface area contributed by atoms with E-state index in [4.69, 9.17) is 20.9 Å². The molecule has 1 saturated heterocycles. The zero-order valence-electron chi connectivity index (χ0n) is 16.3. The Hall–Kier alpha value is -3.13. The summed E-state index contributed by atoms with van der Waals surface area (Å²) in [5.41, 5.74) is 1.27. The van der Waals surface area contributed by atoms with E-state index in [0.717, 1.165) is 30.7 Å². The second-order valence-electron chi connectivity index (χ2n) is 7.03. The number of amides is 1. The van der Waals surface area contributed by atoms with E-state index in [2.05, 4.69) is 15.5 Å². The van der Waals surface area contributed by atoms with E-state index in [0.29, 0.717) is 24.1 Å². The normalized spacial score (nSPS) is 16.4. The van der Waals surface area contributed by atoms with Crippen molar-refractivity contribution in [3.8, 4) is 17.1 Å². The minimum Gasteiger partial charge on any atom is -0.497 e. The van der Waals surface area contributed by atoms with Crippen LogP contribution in [0.4, 0.5) is 16.1 Å². The second-order valence-corrected chi connectivity index (χ2v) is 7.44. The van der Waals surface area contributed by atoms with Crippen molar-refractivity contribution in [2.24, 2.45) is 5.92 Å². The van der Waals surface area contributed by atoms with Gasteiger partial charge in [0.05, 0.1) is 18.1 Å². The monoisotopic (exact) mass is 430 g/mol. The van der Waals surface area contributed by atoms with Crippen molar-refractivity contribution in [1.29, 1.82) is 0 Å². The van der Waals surface area contributed by atoms with Crippen LogP contribution >= 0.6 is 11.6 Å². The second kappa shape index (κ2) is 8.71. The predicted molar refractivity (Wildman–Crippen MR) is 111 cm³/mol. The Bertz CT molecular complexity index is 1040. The Kier molecular flexibility index (Phi) is 5.85. The number of rotatable bonds is 5. The van der Waals surface area contributed by atoms with Gasteiger partial charge in [-0.3, -0.25) is 4.79 Å². The summed E-state index contributed by atoms with van der Waals surface area (Å²) in [6.45, 7) is 1.17. The molecule has 0 bridgehead atoms. The molecule has 4 rings (SSSR count). The van der Waals surface area contributed by atoms with Gasteiger partial charge in [0.2, 0.25) is 11.7 Å². The summed E-state index contributed by atoms with van der Waals surface area (Å²) in [4.78, 5) is 19.1. The molecule has 3 aromatic rings. The number of hydrogen-bond acceptors (Lipinski definition) is 6. The molecular formula is C21H20ClFN4O3. The molecule has 0 aliphatic carbocycles. The van der Waals surface area contributed by atoms with E-state index in [1.165, 1.54) is 18.2 Å². The van der Waals surface area contributed by atoms with Crippen LogP contribution in [0.2, 0.25) is 5.02 Å². The quantitative estimate of drug-likeness (QED) is 0.646. The number of ether oxygens (including phenoxy) is 1. The van der Waals surface area contributed by atoms with Crippen LogP contribution < -0.4 is 15.0 Å². The number of nitrogens with zero attached hydrogens (tertiary/aromatic N) is 3. The molecule has 1 aliphatic heterocycles. The van der Waals surface area contributed by atoms with E-state index >= 15 is 0 Å². The van der Waals surface area contributed by atoms with Crippen molar-refractivity contribution in [2.45, 2.75) is 12.8 Å². The average Bonchev–Trinajstić information content (AvgIpc) is 3.27. The molecule has 0 radical (unpaired) electrons. The molecule has 30 heavy (non-hydrogen) atoms. The van der Waals surface area contributed by atoms with Gasteiger partial charge in [0.15, 0.2) is 0 Å². The predicted octanol–water partition coefficient (Wildman–Crippen LogP) is 4.39. The van der Waals surface area contributed by atoms with Gasteiger partial charge < -0.3 is 19.5 Å². The molecule has 1 amide bonds. The molecule has 1 fully saturated rings. The number of piperidine rings is 1. The zero-order chi connectivity index (χ0) is 21.1. The number of aromatic nitrogens is 2. The summed E-state index contributed by atoms with van der Waals surface area (Å²) < 4.78 is 23.9. The highest BCUT2D eigenvalue weighted by molar-refractivity contribution is 6.31. The minimum atomic E-state index is -0.525. The fourth-order valence-electron chi connectivity index (χ4n) is 3.38. The van der Waals surface area contributed by atoms with Crippen LogP contribution in [0.3, 0.4) is 0 Å². The van der Waals surface area contributed by atoms with Crippen molar-refractivity contribution in [1.82, 2.24) is 10.1 Å². The van der Waals surface area contributed by atoms with Crippen LogP contribution in [0, 0.1) is 11.7 Å². The van der Waals surface area contributed by atoms with Crippen LogP contribution in [0.5, 0.6) is 5.75 Å². The van der Waals surface area contributed by atoms with Gasteiger partial charge in [-0.2, -0.15) is 4.98 Å². The van der Waals surface area contributed by atoms with Gasteiger partial charge in [0.1, 0.15) is 11.6 Å². The van der Waals surface area contributed by atoms with E-state index in [1.807, 2.05) is 29.2 Å². The molecule has 1 unspecified atom stereocenters. The first kappa shape index (κ1) is 20.2. The molecule has 0 saturated carbocycles. The van der Waals surface area contributed by atoms with Crippen LogP contribution in [-0.4, -0.2) is 36.2 Å². The highest BCUT2D eigenvalue weighted by Gasteiger charge is 2.29. The lowest BCUT2D eigenvalue weighted by Gasteiger charge is -2.30.